The van der Waals surface area contributed by atoms with Gasteiger partial charge < -0.3 is 14.8 Å². The minimum absolute atomic E-state index is 0.0359. The van der Waals surface area contributed by atoms with Gasteiger partial charge in [0.2, 0.25) is 5.91 Å². The number of pyridine rings is 1. The van der Waals surface area contributed by atoms with Gasteiger partial charge in [-0.1, -0.05) is 26.8 Å². The molecule has 2 aliphatic rings. The zero-order chi connectivity index (χ0) is 24.9. The van der Waals surface area contributed by atoms with Crippen LogP contribution in [0.1, 0.15) is 67.5 Å². The van der Waals surface area contributed by atoms with E-state index in [0.717, 1.165) is 29.8 Å². The standard InChI is InChI=1S/C26H29FN6O2/c1-15-8-9-22-30-31-23(33(15)22)20-6-5-7-21(28-20)29-24(34)18-12-17-14-32(25(35)26(2,3)4)11-10-16(17)13-19(18)27/h5-7,12-13,15H,8-11,14H2,1-4H3,(H,28,29,34)/t15-/m1/s1. The summed E-state index contributed by atoms with van der Waals surface area (Å²) >= 11 is 0. The van der Waals surface area contributed by atoms with Crippen LogP contribution < -0.4 is 5.32 Å². The van der Waals surface area contributed by atoms with Crippen LogP contribution in [0.2, 0.25) is 0 Å². The Morgan fingerprint density at radius 3 is 2.69 bits per heavy atom. The highest BCUT2D eigenvalue weighted by molar-refractivity contribution is 6.04. The largest absolute Gasteiger partial charge is 0.338 e. The van der Waals surface area contributed by atoms with Gasteiger partial charge in [-0.05, 0) is 55.2 Å². The van der Waals surface area contributed by atoms with Crippen molar-refractivity contribution in [2.75, 3.05) is 11.9 Å². The third-order valence-corrected chi connectivity index (χ3v) is 6.69. The highest BCUT2D eigenvalue weighted by Crippen LogP contribution is 2.30. The fourth-order valence-electron chi connectivity index (χ4n) is 4.81. The molecule has 0 bridgehead atoms. The number of rotatable bonds is 3. The zero-order valence-electron chi connectivity index (χ0n) is 20.4. The molecule has 0 saturated heterocycles. The van der Waals surface area contributed by atoms with Crippen molar-refractivity contribution in [1.29, 1.82) is 0 Å². The predicted molar refractivity (Wildman–Crippen MR) is 129 cm³/mol. The summed E-state index contributed by atoms with van der Waals surface area (Å²) in [7, 11) is 0. The summed E-state index contributed by atoms with van der Waals surface area (Å²) in [4.78, 5) is 32.1. The minimum Gasteiger partial charge on any atom is -0.338 e. The molecule has 4 heterocycles. The van der Waals surface area contributed by atoms with Crippen LogP contribution in [-0.4, -0.2) is 43.0 Å². The van der Waals surface area contributed by atoms with Crippen molar-refractivity contribution in [2.24, 2.45) is 5.41 Å². The highest BCUT2D eigenvalue weighted by Gasteiger charge is 2.31. The van der Waals surface area contributed by atoms with Gasteiger partial charge in [0.05, 0.1) is 5.56 Å². The molecule has 0 unspecified atom stereocenters. The molecule has 8 nitrogen and oxygen atoms in total. The van der Waals surface area contributed by atoms with Crippen molar-refractivity contribution in [3.63, 3.8) is 0 Å². The second-order valence-electron chi connectivity index (χ2n) is 10.4. The van der Waals surface area contributed by atoms with Gasteiger partial charge in [-0.2, -0.15) is 0 Å². The van der Waals surface area contributed by atoms with E-state index < -0.39 is 17.1 Å². The molecule has 3 aromatic rings. The molecule has 0 fully saturated rings. The summed E-state index contributed by atoms with van der Waals surface area (Å²) in [6.45, 7) is 8.65. The molecule has 182 valence electrons. The number of halogens is 1. The summed E-state index contributed by atoms with van der Waals surface area (Å²) < 4.78 is 17.0. The van der Waals surface area contributed by atoms with Gasteiger partial charge in [0.1, 0.15) is 23.2 Å². The lowest BCUT2D eigenvalue weighted by Gasteiger charge is -2.33. The molecule has 2 amide bonds. The van der Waals surface area contributed by atoms with Crippen molar-refractivity contribution in [3.05, 3.63) is 58.7 Å². The first-order valence-electron chi connectivity index (χ1n) is 11.9. The molecule has 2 aliphatic heterocycles. The SMILES string of the molecule is C[C@@H]1CCc2nnc(-c3cccc(NC(=O)c4cc5c(cc4F)CCN(C(=O)C(C)(C)C)C5)n3)n21. The van der Waals surface area contributed by atoms with E-state index in [9.17, 15) is 14.0 Å². The zero-order valence-corrected chi connectivity index (χ0v) is 20.4. The maximum absolute atomic E-state index is 14.9. The number of hydrogen-bond donors (Lipinski definition) is 1. The molecule has 0 radical (unpaired) electrons. The Balaban J connectivity index is 1.38. The van der Waals surface area contributed by atoms with E-state index in [1.807, 2.05) is 26.8 Å². The number of benzene rings is 1. The second-order valence-corrected chi connectivity index (χ2v) is 10.4. The number of anilines is 1. The lowest BCUT2D eigenvalue weighted by atomic mass is 9.91. The van der Waals surface area contributed by atoms with E-state index in [0.29, 0.717) is 36.8 Å². The number of carbonyl (C=O) groups excluding carboxylic acids is 2. The summed E-state index contributed by atoms with van der Waals surface area (Å²) in [5, 5.41) is 11.3. The molecular formula is C26H29FN6O2. The Labute approximate surface area is 203 Å². The lowest BCUT2D eigenvalue weighted by Crippen LogP contribution is -2.42. The maximum Gasteiger partial charge on any atom is 0.259 e. The molecule has 35 heavy (non-hydrogen) atoms. The van der Waals surface area contributed by atoms with Gasteiger partial charge in [-0.3, -0.25) is 9.59 Å². The number of amides is 2. The Morgan fingerprint density at radius 2 is 1.91 bits per heavy atom. The monoisotopic (exact) mass is 476 g/mol. The molecule has 1 atom stereocenters. The highest BCUT2D eigenvalue weighted by atomic mass is 19.1. The maximum atomic E-state index is 14.9. The van der Waals surface area contributed by atoms with Crippen LogP contribution >= 0.6 is 0 Å². The summed E-state index contributed by atoms with van der Waals surface area (Å²) in [5.74, 6) is 0.751. The van der Waals surface area contributed by atoms with E-state index in [2.05, 4.69) is 32.0 Å². The lowest BCUT2D eigenvalue weighted by molar-refractivity contribution is -0.140. The van der Waals surface area contributed by atoms with Gasteiger partial charge in [-0.15, -0.1) is 10.2 Å². The summed E-state index contributed by atoms with van der Waals surface area (Å²) in [6, 6.07) is 8.50. The Bertz CT molecular complexity index is 1330. The molecule has 1 aromatic carbocycles. The fraction of sp³-hybridized carbons (Fsp3) is 0.423. The van der Waals surface area contributed by atoms with Gasteiger partial charge in [0.25, 0.3) is 5.91 Å². The van der Waals surface area contributed by atoms with Gasteiger partial charge in [0.15, 0.2) is 5.82 Å². The molecule has 0 saturated carbocycles. The van der Waals surface area contributed by atoms with Gasteiger partial charge >= 0.3 is 0 Å². The van der Waals surface area contributed by atoms with E-state index >= 15 is 0 Å². The van der Waals surface area contributed by atoms with Crippen LogP contribution in [0.3, 0.4) is 0 Å². The Morgan fingerprint density at radius 1 is 1.11 bits per heavy atom. The van der Waals surface area contributed by atoms with Gasteiger partial charge in [0, 0.05) is 31.0 Å². The van der Waals surface area contributed by atoms with Crippen molar-refractivity contribution < 1.29 is 14.0 Å². The topological polar surface area (TPSA) is 93.0 Å². The summed E-state index contributed by atoms with van der Waals surface area (Å²) in [5.41, 5.74) is 1.63. The van der Waals surface area contributed by atoms with E-state index in [4.69, 9.17) is 0 Å². The summed E-state index contributed by atoms with van der Waals surface area (Å²) in [6.07, 6.45) is 2.44. The third kappa shape index (κ3) is 4.31. The van der Waals surface area contributed by atoms with Crippen LogP contribution in [0.15, 0.2) is 30.3 Å². The molecule has 0 spiro atoms. The molecule has 5 rings (SSSR count). The van der Waals surface area contributed by atoms with Crippen molar-refractivity contribution in [3.8, 4) is 11.5 Å². The minimum atomic E-state index is -0.589. The van der Waals surface area contributed by atoms with Crippen LogP contribution in [0, 0.1) is 11.2 Å². The van der Waals surface area contributed by atoms with Crippen molar-refractivity contribution in [2.45, 2.75) is 59.5 Å². The van der Waals surface area contributed by atoms with Crippen LogP contribution in [0.25, 0.3) is 11.5 Å². The average Bonchev–Trinajstić information content (AvgIpc) is 3.40. The Hall–Kier alpha value is -3.62. The van der Waals surface area contributed by atoms with Gasteiger partial charge in [-0.25, -0.2) is 9.37 Å². The van der Waals surface area contributed by atoms with E-state index in [-0.39, 0.29) is 17.5 Å². The number of aromatic nitrogens is 4. The average molecular weight is 477 g/mol. The number of aryl methyl sites for hydroxylation is 1. The number of fused-ring (bicyclic) bond motifs is 2. The van der Waals surface area contributed by atoms with Crippen molar-refractivity contribution in [1.82, 2.24) is 24.6 Å². The third-order valence-electron chi connectivity index (χ3n) is 6.69. The van der Waals surface area contributed by atoms with Crippen LogP contribution in [0.5, 0.6) is 0 Å². The fourth-order valence-corrected chi connectivity index (χ4v) is 4.81. The first-order valence-corrected chi connectivity index (χ1v) is 11.9. The van der Waals surface area contributed by atoms with E-state index in [1.165, 1.54) is 6.07 Å². The van der Waals surface area contributed by atoms with Crippen LogP contribution in [0.4, 0.5) is 10.2 Å². The van der Waals surface area contributed by atoms with Crippen molar-refractivity contribution >= 4 is 17.6 Å². The quantitative estimate of drug-likeness (QED) is 0.613. The predicted octanol–water partition coefficient (Wildman–Crippen LogP) is 4.17. The number of carbonyl (C=O) groups is 2. The second kappa shape index (κ2) is 8.55. The number of hydrogen-bond acceptors (Lipinski definition) is 5. The first kappa shape index (κ1) is 23.1. The molecule has 9 heteroatoms. The molecule has 1 N–H and O–H groups in total. The molecule has 2 aromatic heterocycles. The number of nitrogens with zero attached hydrogens (tertiary/aromatic N) is 5. The van der Waals surface area contributed by atoms with Crippen LogP contribution in [-0.2, 0) is 24.2 Å². The molecule has 0 aliphatic carbocycles. The number of nitrogens with one attached hydrogen (secondary N) is 1. The Kier molecular flexibility index (Phi) is 5.65. The molecular weight excluding hydrogens is 447 g/mol. The normalized spacial score (nSPS) is 17.2. The van der Waals surface area contributed by atoms with E-state index in [1.54, 1.807) is 23.1 Å². The first-order chi connectivity index (χ1) is 16.6. The smallest absolute Gasteiger partial charge is 0.259 e.